The third-order valence-electron chi connectivity index (χ3n) is 5.33. The second-order valence-electron chi connectivity index (χ2n) is 7.24. The van der Waals surface area contributed by atoms with Crippen molar-refractivity contribution in [2.75, 3.05) is 6.54 Å². The van der Waals surface area contributed by atoms with Crippen LogP contribution in [0.15, 0.2) is 41.6 Å². The Morgan fingerprint density at radius 2 is 1.97 bits per heavy atom. The lowest BCUT2D eigenvalue weighted by Crippen LogP contribution is -2.57. The van der Waals surface area contributed by atoms with Gasteiger partial charge in [0.2, 0.25) is 0 Å². The first-order valence-corrected chi connectivity index (χ1v) is 9.25. The smallest absolute Gasteiger partial charge is 0.366 e. The van der Waals surface area contributed by atoms with Gasteiger partial charge in [-0.2, -0.15) is 13.2 Å². The van der Waals surface area contributed by atoms with Gasteiger partial charge < -0.3 is 10.6 Å². The van der Waals surface area contributed by atoms with E-state index >= 15 is 0 Å². The predicted octanol–water partition coefficient (Wildman–Crippen LogP) is 0.191. The topological polar surface area (TPSA) is 97.5 Å². The highest BCUT2D eigenvalue weighted by Gasteiger charge is 2.58. The molecular formula is C18H21F3N6O2. The fraction of sp³-hybridized carbons (Fsp3) is 0.444. The Balaban J connectivity index is 1.64. The Hall–Kier alpha value is -2.63. The van der Waals surface area contributed by atoms with E-state index in [2.05, 4.69) is 26.9 Å². The summed E-state index contributed by atoms with van der Waals surface area (Å²) in [7, 11) is 0. The minimum atomic E-state index is -4.59. The van der Waals surface area contributed by atoms with E-state index in [9.17, 15) is 22.8 Å². The van der Waals surface area contributed by atoms with Crippen LogP contribution in [0.2, 0.25) is 0 Å². The fourth-order valence-corrected chi connectivity index (χ4v) is 3.98. The van der Waals surface area contributed by atoms with E-state index in [0.29, 0.717) is 18.5 Å². The molecule has 0 aliphatic carbocycles. The maximum Gasteiger partial charge on any atom is 0.406 e. The van der Waals surface area contributed by atoms with Crippen molar-refractivity contribution in [1.82, 2.24) is 31.9 Å². The average Bonchev–Trinajstić information content (AvgIpc) is 3.29. The van der Waals surface area contributed by atoms with E-state index in [1.807, 2.05) is 0 Å². The number of hydrazine groups is 2. The lowest BCUT2D eigenvalue weighted by Gasteiger charge is -2.34. The summed E-state index contributed by atoms with van der Waals surface area (Å²) in [4.78, 5) is 25.6. The quantitative estimate of drug-likeness (QED) is 0.457. The molecule has 4 rings (SSSR count). The standard InChI is InChI=1S/C18H21F3N6O2/c1-9-12(16(28)24-11-7-8-22-25-11)17(29)27-15(23-9)13(10-5-3-2-4-6-10)14(26-27)18(19,20)21/h2-6,11,13-15,22-23,25-26H,7-8H2,1H3,(H,24,28). The normalized spacial score (nSPS) is 29.7. The van der Waals surface area contributed by atoms with Crippen LogP contribution in [0.5, 0.6) is 0 Å². The highest BCUT2D eigenvalue weighted by Crippen LogP contribution is 2.41. The molecule has 3 aliphatic heterocycles. The summed E-state index contributed by atoms with van der Waals surface area (Å²) in [5.74, 6) is -2.50. The molecule has 2 saturated heterocycles. The molecule has 5 N–H and O–H groups in total. The summed E-state index contributed by atoms with van der Waals surface area (Å²) >= 11 is 0. The molecule has 4 atom stereocenters. The molecular weight excluding hydrogens is 389 g/mol. The van der Waals surface area contributed by atoms with Crippen molar-refractivity contribution in [2.45, 2.75) is 43.8 Å². The first-order valence-electron chi connectivity index (χ1n) is 9.25. The van der Waals surface area contributed by atoms with E-state index < -0.39 is 36.1 Å². The molecule has 8 nitrogen and oxygen atoms in total. The molecule has 0 bridgehead atoms. The minimum Gasteiger partial charge on any atom is -0.366 e. The Morgan fingerprint density at radius 3 is 2.59 bits per heavy atom. The van der Waals surface area contributed by atoms with Gasteiger partial charge in [0.05, 0.1) is 12.1 Å². The molecule has 0 spiro atoms. The molecule has 0 radical (unpaired) electrons. The molecule has 11 heteroatoms. The molecule has 3 heterocycles. The number of benzene rings is 1. The predicted molar refractivity (Wildman–Crippen MR) is 96.3 cm³/mol. The van der Waals surface area contributed by atoms with Crippen molar-refractivity contribution in [2.24, 2.45) is 0 Å². The van der Waals surface area contributed by atoms with Gasteiger partial charge in [-0.15, -0.1) is 0 Å². The summed E-state index contributed by atoms with van der Waals surface area (Å²) in [6.45, 7) is 2.17. The zero-order chi connectivity index (χ0) is 20.8. The number of carbonyl (C=O) groups excluding carboxylic acids is 2. The van der Waals surface area contributed by atoms with E-state index in [1.165, 1.54) is 6.92 Å². The summed E-state index contributed by atoms with van der Waals surface area (Å²) in [6, 6.07) is 6.25. The molecule has 2 fully saturated rings. The van der Waals surface area contributed by atoms with Crippen LogP contribution >= 0.6 is 0 Å². The SMILES string of the molecule is CC1=C(C(=O)NC2CCNN2)C(=O)N2NC(C(F)(F)F)C(c3ccccc3)C2N1. The van der Waals surface area contributed by atoms with Crippen molar-refractivity contribution >= 4 is 11.8 Å². The number of fused-ring (bicyclic) bond motifs is 1. The van der Waals surface area contributed by atoms with Crippen LogP contribution in [0.4, 0.5) is 13.2 Å². The molecule has 4 unspecified atom stereocenters. The Labute approximate surface area is 164 Å². The monoisotopic (exact) mass is 410 g/mol. The number of nitrogens with one attached hydrogen (secondary N) is 5. The number of alkyl halides is 3. The largest absolute Gasteiger partial charge is 0.406 e. The van der Waals surface area contributed by atoms with Crippen LogP contribution in [0, 0.1) is 0 Å². The maximum absolute atomic E-state index is 13.8. The molecule has 0 aromatic heterocycles. The maximum atomic E-state index is 13.8. The Bertz CT molecular complexity index is 838. The molecule has 0 saturated carbocycles. The lowest BCUT2D eigenvalue weighted by atomic mass is 9.89. The van der Waals surface area contributed by atoms with E-state index in [4.69, 9.17) is 0 Å². The first-order chi connectivity index (χ1) is 13.8. The number of rotatable bonds is 3. The third-order valence-corrected chi connectivity index (χ3v) is 5.33. The van der Waals surface area contributed by atoms with Crippen LogP contribution in [-0.4, -0.2) is 47.9 Å². The number of hydrogen-bond donors (Lipinski definition) is 5. The van der Waals surface area contributed by atoms with Crippen LogP contribution in [0.3, 0.4) is 0 Å². The highest BCUT2D eigenvalue weighted by atomic mass is 19.4. The lowest BCUT2D eigenvalue weighted by molar-refractivity contribution is -0.161. The molecule has 2 amide bonds. The van der Waals surface area contributed by atoms with Crippen LogP contribution in [0.25, 0.3) is 0 Å². The van der Waals surface area contributed by atoms with Gasteiger partial charge in [0.1, 0.15) is 17.8 Å². The van der Waals surface area contributed by atoms with Gasteiger partial charge in [-0.3, -0.25) is 15.0 Å². The van der Waals surface area contributed by atoms with Gasteiger partial charge >= 0.3 is 6.18 Å². The number of halogens is 3. The summed E-state index contributed by atoms with van der Waals surface area (Å²) in [5, 5.41) is 6.49. The highest BCUT2D eigenvalue weighted by molar-refractivity contribution is 6.19. The molecule has 1 aromatic rings. The van der Waals surface area contributed by atoms with Crippen molar-refractivity contribution in [3.05, 3.63) is 47.2 Å². The third kappa shape index (κ3) is 3.56. The van der Waals surface area contributed by atoms with E-state index in [0.717, 1.165) is 5.01 Å². The molecule has 156 valence electrons. The van der Waals surface area contributed by atoms with Gasteiger partial charge in [0, 0.05) is 12.2 Å². The second kappa shape index (κ2) is 7.32. The van der Waals surface area contributed by atoms with Crippen molar-refractivity contribution in [3.8, 4) is 0 Å². The van der Waals surface area contributed by atoms with Crippen molar-refractivity contribution in [1.29, 1.82) is 0 Å². The number of carbonyl (C=O) groups is 2. The molecule has 3 aliphatic rings. The molecule has 29 heavy (non-hydrogen) atoms. The minimum absolute atomic E-state index is 0.211. The van der Waals surface area contributed by atoms with Gasteiger partial charge in [0.15, 0.2) is 0 Å². The Morgan fingerprint density at radius 1 is 1.24 bits per heavy atom. The number of amides is 2. The Kier molecular flexibility index (Phi) is 4.97. The van der Waals surface area contributed by atoms with Gasteiger partial charge in [-0.25, -0.2) is 15.9 Å². The summed E-state index contributed by atoms with van der Waals surface area (Å²) in [5.41, 5.74) is 8.46. The van der Waals surface area contributed by atoms with Crippen LogP contribution in [-0.2, 0) is 9.59 Å². The second-order valence-corrected chi connectivity index (χ2v) is 7.24. The summed E-state index contributed by atoms with van der Waals surface area (Å²) < 4.78 is 41.3. The van der Waals surface area contributed by atoms with Gasteiger partial charge in [-0.05, 0) is 18.9 Å². The first kappa shape index (κ1) is 19.7. The van der Waals surface area contributed by atoms with Crippen LogP contribution < -0.4 is 26.9 Å². The molecule has 1 aromatic carbocycles. The number of allylic oxidation sites excluding steroid dienone is 1. The van der Waals surface area contributed by atoms with Gasteiger partial charge in [0.25, 0.3) is 11.8 Å². The van der Waals surface area contributed by atoms with Crippen molar-refractivity contribution in [3.63, 3.8) is 0 Å². The fourth-order valence-electron chi connectivity index (χ4n) is 3.98. The van der Waals surface area contributed by atoms with Gasteiger partial charge in [-0.1, -0.05) is 30.3 Å². The zero-order valence-corrected chi connectivity index (χ0v) is 15.5. The van der Waals surface area contributed by atoms with Crippen molar-refractivity contribution < 1.29 is 22.8 Å². The zero-order valence-electron chi connectivity index (χ0n) is 15.5. The number of hydrogen-bond acceptors (Lipinski definition) is 6. The number of nitrogens with zero attached hydrogens (tertiary/aromatic N) is 1. The summed E-state index contributed by atoms with van der Waals surface area (Å²) in [6.07, 6.45) is -5.30. The average molecular weight is 410 g/mol. The van der Waals surface area contributed by atoms with E-state index in [-0.39, 0.29) is 17.4 Å². The van der Waals surface area contributed by atoms with E-state index in [1.54, 1.807) is 30.3 Å². The van der Waals surface area contributed by atoms with Crippen LogP contribution in [0.1, 0.15) is 24.8 Å².